The molecule has 1 amide bonds. The Hall–Kier alpha value is -2.49. The van der Waals surface area contributed by atoms with Crippen molar-refractivity contribution in [2.45, 2.75) is 36.2 Å². The Balaban J connectivity index is 1.49. The van der Waals surface area contributed by atoms with Crippen molar-refractivity contribution in [3.05, 3.63) is 59.9 Å². The van der Waals surface area contributed by atoms with Gasteiger partial charge >= 0.3 is 0 Å². The molecule has 29 heavy (non-hydrogen) atoms. The van der Waals surface area contributed by atoms with Crippen LogP contribution in [0.3, 0.4) is 0 Å². The highest BCUT2D eigenvalue weighted by Crippen LogP contribution is 2.27. The fraction of sp³-hybridized carbons (Fsp3) is 0.350. The number of para-hydroxylation sites is 1. The zero-order chi connectivity index (χ0) is 20.4. The molecule has 2 aliphatic rings. The van der Waals surface area contributed by atoms with Crippen molar-refractivity contribution in [2.75, 3.05) is 11.3 Å². The first-order valence-electron chi connectivity index (χ1n) is 9.59. The number of carbonyl (C=O) groups is 1. The molecular weight excluding hydrogens is 395 g/mol. The molecule has 4 N–H and O–H groups in total. The minimum atomic E-state index is -3.94. The molecule has 0 aromatic heterocycles. The lowest BCUT2D eigenvalue weighted by Gasteiger charge is -2.31. The molecule has 9 heteroatoms. The van der Waals surface area contributed by atoms with E-state index in [9.17, 15) is 17.6 Å². The van der Waals surface area contributed by atoms with Crippen molar-refractivity contribution in [1.29, 1.82) is 0 Å². The number of sulfonamides is 1. The van der Waals surface area contributed by atoms with Crippen LogP contribution in [0.5, 0.6) is 0 Å². The molecule has 1 aliphatic carbocycles. The third kappa shape index (κ3) is 4.42. The number of hydrazine groups is 1. The van der Waals surface area contributed by atoms with Crippen molar-refractivity contribution in [3.63, 3.8) is 0 Å². The van der Waals surface area contributed by atoms with Gasteiger partial charge in [0.15, 0.2) is 0 Å². The SMILES string of the molecule is O=C(NC1CCC2NNCC2C1)c1ccccc1NS(=O)(=O)c1ccc(F)cc1. The molecule has 3 unspecified atom stereocenters. The number of hydrogen-bond acceptors (Lipinski definition) is 5. The molecule has 0 radical (unpaired) electrons. The molecule has 7 nitrogen and oxygen atoms in total. The fourth-order valence-electron chi connectivity index (χ4n) is 3.98. The number of anilines is 1. The summed E-state index contributed by atoms with van der Waals surface area (Å²) in [5.41, 5.74) is 6.86. The Morgan fingerprint density at radius 1 is 1.07 bits per heavy atom. The molecule has 154 valence electrons. The van der Waals surface area contributed by atoms with Crippen molar-refractivity contribution in [2.24, 2.45) is 5.92 Å². The van der Waals surface area contributed by atoms with Gasteiger partial charge in [-0.2, -0.15) is 0 Å². The summed E-state index contributed by atoms with van der Waals surface area (Å²) < 4.78 is 40.8. The van der Waals surface area contributed by atoms with Crippen molar-refractivity contribution < 1.29 is 17.6 Å². The van der Waals surface area contributed by atoms with E-state index >= 15 is 0 Å². The maximum Gasteiger partial charge on any atom is 0.261 e. The predicted molar refractivity (Wildman–Crippen MR) is 107 cm³/mol. The van der Waals surface area contributed by atoms with E-state index in [2.05, 4.69) is 20.9 Å². The maximum atomic E-state index is 13.1. The third-order valence-corrected chi connectivity index (χ3v) is 6.89. The Morgan fingerprint density at radius 3 is 2.62 bits per heavy atom. The van der Waals surface area contributed by atoms with Crippen molar-refractivity contribution >= 4 is 21.6 Å². The van der Waals surface area contributed by atoms with Gasteiger partial charge in [-0.25, -0.2) is 12.8 Å². The van der Waals surface area contributed by atoms with Crippen molar-refractivity contribution in [1.82, 2.24) is 16.2 Å². The van der Waals surface area contributed by atoms with Gasteiger partial charge in [-0.05, 0) is 61.6 Å². The van der Waals surface area contributed by atoms with Gasteiger partial charge in [-0.15, -0.1) is 0 Å². The monoisotopic (exact) mass is 418 g/mol. The molecule has 0 spiro atoms. The van der Waals surface area contributed by atoms with Crippen LogP contribution >= 0.6 is 0 Å². The number of carbonyl (C=O) groups excluding carboxylic acids is 1. The number of benzene rings is 2. The number of amides is 1. The van der Waals surface area contributed by atoms with Gasteiger partial charge in [0.2, 0.25) is 0 Å². The summed E-state index contributed by atoms with van der Waals surface area (Å²) in [5.74, 6) is -0.364. The number of hydrogen-bond donors (Lipinski definition) is 4. The van der Waals surface area contributed by atoms with E-state index in [1.54, 1.807) is 18.2 Å². The van der Waals surface area contributed by atoms with Gasteiger partial charge < -0.3 is 5.32 Å². The second-order valence-corrected chi connectivity index (χ2v) is 9.16. The Bertz CT molecular complexity index is 997. The summed E-state index contributed by atoms with van der Waals surface area (Å²) >= 11 is 0. The van der Waals surface area contributed by atoms with E-state index in [1.165, 1.54) is 18.2 Å². The lowest BCUT2D eigenvalue weighted by atomic mass is 9.83. The van der Waals surface area contributed by atoms with Gasteiger partial charge in [0.25, 0.3) is 15.9 Å². The summed E-state index contributed by atoms with van der Waals surface area (Å²) in [6.07, 6.45) is 2.71. The minimum absolute atomic E-state index is 0.0483. The third-order valence-electron chi connectivity index (χ3n) is 5.51. The van der Waals surface area contributed by atoms with Gasteiger partial charge in [0.05, 0.1) is 16.1 Å². The van der Waals surface area contributed by atoms with E-state index in [-0.39, 0.29) is 28.1 Å². The lowest BCUT2D eigenvalue weighted by molar-refractivity contribution is 0.0919. The summed E-state index contributed by atoms with van der Waals surface area (Å²) in [4.78, 5) is 12.8. The molecule has 1 saturated heterocycles. The highest BCUT2D eigenvalue weighted by molar-refractivity contribution is 7.92. The van der Waals surface area contributed by atoms with Crippen LogP contribution in [0.1, 0.15) is 29.6 Å². The standard InChI is InChI=1S/C20H23FN4O3S/c21-14-5-8-16(9-6-14)29(27,28)25-19-4-2-1-3-17(19)20(26)23-15-7-10-18-13(11-15)12-22-24-18/h1-6,8-9,13,15,18,22,24-25H,7,10-12H2,(H,23,26). The second-order valence-electron chi connectivity index (χ2n) is 7.48. The van der Waals surface area contributed by atoms with Crippen LogP contribution < -0.4 is 20.9 Å². The average molecular weight is 418 g/mol. The van der Waals surface area contributed by atoms with Crippen molar-refractivity contribution in [3.8, 4) is 0 Å². The predicted octanol–water partition coefficient (Wildman–Crippen LogP) is 2.00. The molecule has 1 heterocycles. The first-order chi connectivity index (χ1) is 13.9. The Labute approximate surface area is 169 Å². The second kappa shape index (κ2) is 8.10. The summed E-state index contributed by atoms with van der Waals surface area (Å²) in [6.45, 7) is 0.880. The van der Waals surface area contributed by atoms with Crippen LogP contribution in [0, 0.1) is 11.7 Å². The van der Waals surface area contributed by atoms with E-state index in [4.69, 9.17) is 0 Å². The van der Waals surface area contributed by atoms with Crippen LogP contribution in [0.4, 0.5) is 10.1 Å². The highest BCUT2D eigenvalue weighted by Gasteiger charge is 2.34. The summed E-state index contributed by atoms with van der Waals surface area (Å²) in [5, 5.41) is 3.04. The van der Waals surface area contributed by atoms with Crippen LogP contribution in [0.2, 0.25) is 0 Å². The maximum absolute atomic E-state index is 13.1. The van der Waals surface area contributed by atoms with E-state index in [0.717, 1.165) is 37.9 Å². The first-order valence-corrected chi connectivity index (χ1v) is 11.1. The molecule has 4 rings (SSSR count). The Morgan fingerprint density at radius 2 is 1.83 bits per heavy atom. The number of halogens is 1. The zero-order valence-electron chi connectivity index (χ0n) is 15.7. The van der Waals surface area contributed by atoms with Gasteiger partial charge in [-0.1, -0.05) is 12.1 Å². The van der Waals surface area contributed by atoms with Crippen LogP contribution in [-0.4, -0.2) is 33.0 Å². The average Bonchev–Trinajstić information content (AvgIpc) is 3.16. The molecule has 1 aliphatic heterocycles. The summed E-state index contributed by atoms with van der Waals surface area (Å²) in [6, 6.07) is 11.5. The van der Waals surface area contributed by atoms with Crippen LogP contribution in [0.15, 0.2) is 53.4 Å². The van der Waals surface area contributed by atoms with Crippen LogP contribution in [0.25, 0.3) is 0 Å². The molecule has 2 aromatic carbocycles. The molecular formula is C20H23FN4O3S. The van der Waals surface area contributed by atoms with Gasteiger partial charge in [0.1, 0.15) is 5.82 Å². The van der Waals surface area contributed by atoms with E-state index in [0.29, 0.717) is 12.0 Å². The topological polar surface area (TPSA) is 99.3 Å². The van der Waals surface area contributed by atoms with Gasteiger partial charge in [-0.3, -0.25) is 20.4 Å². The Kier molecular flexibility index (Phi) is 5.53. The molecule has 2 fully saturated rings. The largest absolute Gasteiger partial charge is 0.349 e. The number of fused-ring (bicyclic) bond motifs is 1. The highest BCUT2D eigenvalue weighted by atomic mass is 32.2. The van der Waals surface area contributed by atoms with E-state index in [1.807, 2.05) is 0 Å². The smallest absolute Gasteiger partial charge is 0.261 e. The van der Waals surface area contributed by atoms with Crippen LogP contribution in [-0.2, 0) is 10.0 Å². The number of rotatable bonds is 5. The number of nitrogens with one attached hydrogen (secondary N) is 4. The van der Waals surface area contributed by atoms with Gasteiger partial charge in [0, 0.05) is 18.6 Å². The molecule has 1 saturated carbocycles. The van der Waals surface area contributed by atoms with E-state index < -0.39 is 15.8 Å². The molecule has 3 atom stereocenters. The normalized spacial score (nSPS) is 24.0. The summed E-state index contributed by atoms with van der Waals surface area (Å²) in [7, 11) is -3.94. The molecule has 2 aromatic rings. The quantitative estimate of drug-likeness (QED) is 0.595. The first kappa shape index (κ1) is 19.8. The minimum Gasteiger partial charge on any atom is -0.349 e. The fourth-order valence-corrected chi connectivity index (χ4v) is 5.06. The zero-order valence-corrected chi connectivity index (χ0v) is 16.5. The lowest BCUT2D eigenvalue weighted by Crippen LogP contribution is -2.44. The molecule has 0 bridgehead atoms.